The van der Waals surface area contributed by atoms with E-state index in [4.69, 9.17) is 0 Å². The van der Waals surface area contributed by atoms with Gasteiger partial charge in [-0.1, -0.05) is 36.0 Å². The minimum atomic E-state index is -0.290. The van der Waals surface area contributed by atoms with Crippen LogP contribution in [-0.2, 0) is 11.2 Å². The zero-order valence-electron chi connectivity index (χ0n) is 15.8. The summed E-state index contributed by atoms with van der Waals surface area (Å²) in [6, 6.07) is 12.5. The predicted molar refractivity (Wildman–Crippen MR) is 117 cm³/mol. The van der Waals surface area contributed by atoms with Gasteiger partial charge < -0.3 is 5.32 Å². The quantitative estimate of drug-likeness (QED) is 0.321. The molecule has 4 nitrogen and oxygen atoms in total. The Kier molecular flexibility index (Phi) is 6.35. The summed E-state index contributed by atoms with van der Waals surface area (Å²) < 4.78 is 26.2. The van der Waals surface area contributed by atoms with Crippen molar-refractivity contribution in [2.24, 2.45) is 0 Å². The smallest absolute Gasteiger partial charge is 0.230 e. The van der Waals surface area contributed by atoms with Crippen molar-refractivity contribution < 1.29 is 13.6 Å². The number of carbonyl (C=O) groups is 1. The summed E-state index contributed by atoms with van der Waals surface area (Å²) in [5.41, 5.74) is 2.77. The summed E-state index contributed by atoms with van der Waals surface area (Å²) in [7, 11) is 0. The minimum absolute atomic E-state index is 0.104. The lowest BCUT2D eigenvalue weighted by atomic mass is 10.1. The van der Waals surface area contributed by atoms with Gasteiger partial charge in [-0.2, -0.15) is 0 Å². The van der Waals surface area contributed by atoms with E-state index in [-0.39, 0.29) is 23.3 Å². The topological polar surface area (TPSA) is 54.9 Å². The minimum Gasteiger partial charge on any atom is -0.355 e. The van der Waals surface area contributed by atoms with Gasteiger partial charge in [0.1, 0.15) is 27.8 Å². The third-order valence-corrected chi connectivity index (χ3v) is 6.36. The van der Waals surface area contributed by atoms with E-state index in [2.05, 4.69) is 15.3 Å². The Labute approximate surface area is 180 Å². The number of halogens is 2. The zero-order valence-corrected chi connectivity index (χ0v) is 17.4. The molecule has 2 aromatic heterocycles. The molecule has 0 atom stereocenters. The number of hydrogen-bond donors (Lipinski definition) is 1. The Bertz CT molecular complexity index is 1160. The van der Waals surface area contributed by atoms with Gasteiger partial charge in [0.05, 0.1) is 11.1 Å². The van der Waals surface area contributed by atoms with Crippen LogP contribution in [-0.4, -0.2) is 28.2 Å². The molecule has 0 radical (unpaired) electrons. The normalized spacial score (nSPS) is 11.0. The Hall–Kier alpha value is -2.84. The molecule has 0 aliphatic heterocycles. The molecule has 1 N–H and O–H groups in total. The number of fused-ring (bicyclic) bond motifs is 1. The van der Waals surface area contributed by atoms with Crippen molar-refractivity contribution in [1.82, 2.24) is 15.3 Å². The molecule has 1 amide bonds. The molecule has 0 aliphatic rings. The molecule has 152 valence electrons. The average molecular weight is 442 g/mol. The van der Waals surface area contributed by atoms with Crippen molar-refractivity contribution in [3.05, 3.63) is 77.4 Å². The maximum Gasteiger partial charge on any atom is 0.230 e. The van der Waals surface area contributed by atoms with Crippen LogP contribution in [0.2, 0.25) is 0 Å². The first-order chi connectivity index (χ1) is 14.6. The molecule has 30 heavy (non-hydrogen) atoms. The molecule has 8 heteroatoms. The largest absolute Gasteiger partial charge is 0.355 e. The summed E-state index contributed by atoms with van der Waals surface area (Å²) in [6.45, 7) is 0.476. The number of amides is 1. The highest BCUT2D eigenvalue weighted by Gasteiger charge is 2.15. The van der Waals surface area contributed by atoms with E-state index in [1.54, 1.807) is 24.3 Å². The van der Waals surface area contributed by atoms with E-state index in [1.165, 1.54) is 53.7 Å². The average Bonchev–Trinajstić information content (AvgIpc) is 3.19. The Morgan fingerprint density at radius 2 is 1.70 bits per heavy atom. The van der Waals surface area contributed by atoms with E-state index < -0.39 is 0 Å². The first-order valence-corrected chi connectivity index (χ1v) is 11.1. The van der Waals surface area contributed by atoms with Gasteiger partial charge in [0.15, 0.2) is 0 Å². The fraction of sp³-hybridized carbons (Fsp3) is 0.136. The van der Waals surface area contributed by atoms with Crippen molar-refractivity contribution in [2.75, 3.05) is 12.3 Å². The number of benzene rings is 2. The second kappa shape index (κ2) is 9.32. The van der Waals surface area contributed by atoms with Gasteiger partial charge in [-0.15, -0.1) is 11.3 Å². The van der Waals surface area contributed by atoms with Crippen molar-refractivity contribution in [2.45, 2.75) is 11.4 Å². The van der Waals surface area contributed by atoms with Gasteiger partial charge in [0, 0.05) is 17.5 Å². The van der Waals surface area contributed by atoms with E-state index in [1.807, 2.05) is 5.38 Å². The van der Waals surface area contributed by atoms with Crippen molar-refractivity contribution in [1.29, 1.82) is 0 Å². The summed E-state index contributed by atoms with van der Waals surface area (Å²) in [5, 5.41) is 6.44. The zero-order chi connectivity index (χ0) is 20.9. The number of hydrogen-bond acceptors (Lipinski definition) is 5. The van der Waals surface area contributed by atoms with E-state index in [0.717, 1.165) is 26.9 Å². The summed E-state index contributed by atoms with van der Waals surface area (Å²) in [6.07, 6.45) is 2.12. The lowest BCUT2D eigenvalue weighted by molar-refractivity contribution is -0.118. The molecule has 0 unspecified atom stereocenters. The molecule has 0 aliphatic carbocycles. The van der Waals surface area contributed by atoms with Crippen LogP contribution < -0.4 is 5.32 Å². The monoisotopic (exact) mass is 441 g/mol. The third-order valence-electron chi connectivity index (χ3n) is 4.48. The Balaban J connectivity index is 1.41. The fourth-order valence-corrected chi connectivity index (χ4v) is 4.80. The third kappa shape index (κ3) is 4.83. The fourth-order valence-electron chi connectivity index (χ4n) is 2.98. The summed E-state index contributed by atoms with van der Waals surface area (Å²) >= 11 is 2.83. The number of aromatic nitrogens is 2. The van der Waals surface area contributed by atoms with Gasteiger partial charge in [-0.3, -0.25) is 4.79 Å². The van der Waals surface area contributed by atoms with Crippen LogP contribution in [0.5, 0.6) is 0 Å². The molecular weight excluding hydrogens is 424 g/mol. The number of carbonyl (C=O) groups excluding carboxylic acids is 1. The number of nitrogens with zero attached hydrogens (tertiary/aromatic N) is 2. The van der Waals surface area contributed by atoms with E-state index in [0.29, 0.717) is 18.0 Å². The first-order valence-electron chi connectivity index (χ1n) is 9.22. The van der Waals surface area contributed by atoms with Crippen LogP contribution in [0.3, 0.4) is 0 Å². The molecule has 0 bridgehead atoms. The maximum atomic E-state index is 13.3. The molecule has 0 saturated heterocycles. The van der Waals surface area contributed by atoms with Crippen molar-refractivity contribution in [3.8, 4) is 11.1 Å². The number of thioether (sulfide) groups is 1. The number of nitrogens with one attached hydrogen (secondary N) is 1. The number of thiophene rings is 1. The molecule has 0 spiro atoms. The van der Waals surface area contributed by atoms with Crippen LogP contribution in [0, 0.1) is 11.6 Å². The molecule has 0 saturated carbocycles. The lowest BCUT2D eigenvalue weighted by Gasteiger charge is -2.07. The first kappa shape index (κ1) is 20.4. The van der Waals surface area contributed by atoms with Gasteiger partial charge in [-0.05, 0) is 41.8 Å². The molecule has 2 heterocycles. The molecular formula is C22H17F2N3OS2. The number of rotatable bonds is 7. The van der Waals surface area contributed by atoms with Crippen LogP contribution in [0.1, 0.15) is 5.56 Å². The maximum absolute atomic E-state index is 13.3. The van der Waals surface area contributed by atoms with Gasteiger partial charge in [-0.25, -0.2) is 18.7 Å². The predicted octanol–water partition coefficient (Wildman–Crippen LogP) is 5.09. The van der Waals surface area contributed by atoms with Crippen molar-refractivity contribution >= 4 is 39.2 Å². The Morgan fingerprint density at radius 3 is 2.43 bits per heavy atom. The van der Waals surface area contributed by atoms with Crippen LogP contribution >= 0.6 is 23.1 Å². The SMILES string of the molecule is O=C(CSc1ncnc2scc(-c3ccc(F)cc3)c12)NCCc1ccc(F)cc1. The van der Waals surface area contributed by atoms with Crippen molar-refractivity contribution in [3.63, 3.8) is 0 Å². The van der Waals surface area contributed by atoms with Crippen LogP contribution in [0.25, 0.3) is 21.3 Å². The molecule has 2 aromatic carbocycles. The summed E-state index contributed by atoms with van der Waals surface area (Å²) in [5.74, 6) is -0.452. The second-order valence-corrected chi connectivity index (χ2v) is 8.35. The molecule has 0 fully saturated rings. The highest BCUT2D eigenvalue weighted by atomic mass is 32.2. The lowest BCUT2D eigenvalue weighted by Crippen LogP contribution is -2.27. The van der Waals surface area contributed by atoms with Gasteiger partial charge in [0.25, 0.3) is 0 Å². The van der Waals surface area contributed by atoms with Gasteiger partial charge >= 0.3 is 0 Å². The highest BCUT2D eigenvalue weighted by molar-refractivity contribution is 8.00. The van der Waals surface area contributed by atoms with E-state index in [9.17, 15) is 13.6 Å². The van der Waals surface area contributed by atoms with Crippen LogP contribution in [0.15, 0.2) is 65.3 Å². The molecule has 4 rings (SSSR count). The Morgan fingerprint density at radius 1 is 1.00 bits per heavy atom. The second-order valence-electron chi connectivity index (χ2n) is 6.53. The van der Waals surface area contributed by atoms with E-state index >= 15 is 0 Å². The van der Waals surface area contributed by atoms with Crippen LogP contribution in [0.4, 0.5) is 8.78 Å². The highest BCUT2D eigenvalue weighted by Crippen LogP contribution is 2.37. The molecule has 4 aromatic rings. The van der Waals surface area contributed by atoms with Gasteiger partial charge in [0.2, 0.25) is 5.91 Å². The standard InChI is InChI=1S/C22H17F2N3OS2/c23-16-5-1-14(2-6-16)9-10-25-19(28)12-30-22-20-18(11-29-21(20)26-13-27-22)15-3-7-17(24)8-4-15/h1-8,11,13H,9-10,12H2,(H,25,28). The summed E-state index contributed by atoms with van der Waals surface area (Å²) in [4.78, 5) is 21.8.